The van der Waals surface area contributed by atoms with Crippen LogP contribution in [0.15, 0.2) is 12.1 Å². The summed E-state index contributed by atoms with van der Waals surface area (Å²) in [7, 11) is 0. The molecule has 0 saturated heterocycles. The van der Waals surface area contributed by atoms with Crippen molar-refractivity contribution in [3.05, 3.63) is 32.4 Å². The smallest absolute Gasteiger partial charge is 0.0552 e. The SMILES string of the molecule is CC#Cc1[c]ccc(Cl)c1I. The van der Waals surface area contributed by atoms with Gasteiger partial charge >= 0.3 is 0 Å². The van der Waals surface area contributed by atoms with E-state index in [0.29, 0.717) is 0 Å². The van der Waals surface area contributed by atoms with Crippen LogP contribution >= 0.6 is 34.2 Å². The topological polar surface area (TPSA) is 0 Å². The van der Waals surface area contributed by atoms with Crippen LogP contribution in [0.5, 0.6) is 0 Å². The van der Waals surface area contributed by atoms with Crippen molar-refractivity contribution < 1.29 is 0 Å². The first-order chi connectivity index (χ1) is 5.25. The van der Waals surface area contributed by atoms with Crippen LogP contribution < -0.4 is 0 Å². The summed E-state index contributed by atoms with van der Waals surface area (Å²) < 4.78 is 0.973. The molecule has 0 spiro atoms. The summed E-state index contributed by atoms with van der Waals surface area (Å²) >= 11 is 8.02. The van der Waals surface area contributed by atoms with Gasteiger partial charge in [-0.3, -0.25) is 0 Å². The lowest BCUT2D eigenvalue weighted by Gasteiger charge is -1.96. The average molecular weight is 275 g/mol. The minimum atomic E-state index is 0.738. The van der Waals surface area contributed by atoms with Crippen molar-refractivity contribution in [1.82, 2.24) is 0 Å². The zero-order valence-electron chi connectivity index (χ0n) is 5.91. The Hall–Kier alpha value is -0.200. The quantitative estimate of drug-likeness (QED) is 0.504. The standard InChI is InChI=1S/C9H5ClI/c1-2-4-7-5-3-6-8(10)9(7)11/h3,6H,1H3. The molecular weight excluding hydrogens is 270 g/mol. The van der Waals surface area contributed by atoms with Gasteiger partial charge in [0.1, 0.15) is 0 Å². The highest BCUT2D eigenvalue weighted by Crippen LogP contribution is 2.20. The Morgan fingerprint density at radius 3 is 3.00 bits per heavy atom. The highest BCUT2D eigenvalue weighted by Gasteiger charge is 1.99. The third-order valence-electron chi connectivity index (χ3n) is 1.14. The monoisotopic (exact) mass is 275 g/mol. The molecule has 0 bridgehead atoms. The van der Waals surface area contributed by atoms with E-state index in [4.69, 9.17) is 11.6 Å². The van der Waals surface area contributed by atoms with Crippen LogP contribution in [0.1, 0.15) is 12.5 Å². The van der Waals surface area contributed by atoms with Crippen molar-refractivity contribution in [1.29, 1.82) is 0 Å². The van der Waals surface area contributed by atoms with Gasteiger partial charge in [0.05, 0.1) is 5.02 Å². The molecule has 1 aromatic rings. The molecule has 0 aromatic heterocycles. The van der Waals surface area contributed by atoms with Crippen LogP contribution in [0.3, 0.4) is 0 Å². The van der Waals surface area contributed by atoms with E-state index in [1.54, 1.807) is 13.0 Å². The lowest BCUT2D eigenvalue weighted by Crippen LogP contribution is -1.81. The molecule has 1 aromatic carbocycles. The molecule has 0 saturated carbocycles. The van der Waals surface area contributed by atoms with Gasteiger partial charge in [0, 0.05) is 9.13 Å². The van der Waals surface area contributed by atoms with Gasteiger partial charge < -0.3 is 0 Å². The van der Waals surface area contributed by atoms with Gasteiger partial charge in [-0.25, -0.2) is 0 Å². The first-order valence-electron chi connectivity index (χ1n) is 3.04. The predicted octanol–water partition coefficient (Wildman–Crippen LogP) is 3.12. The number of hydrogen-bond donors (Lipinski definition) is 0. The molecule has 2 heteroatoms. The van der Waals surface area contributed by atoms with E-state index in [2.05, 4.69) is 40.5 Å². The van der Waals surface area contributed by atoms with Crippen molar-refractivity contribution in [3.8, 4) is 11.8 Å². The maximum atomic E-state index is 5.85. The van der Waals surface area contributed by atoms with Crippen LogP contribution in [0, 0.1) is 21.5 Å². The van der Waals surface area contributed by atoms with E-state index in [1.807, 2.05) is 6.07 Å². The minimum Gasteiger partial charge on any atom is -0.101 e. The highest BCUT2D eigenvalue weighted by atomic mass is 127. The van der Waals surface area contributed by atoms with Crippen LogP contribution in [0.4, 0.5) is 0 Å². The lowest BCUT2D eigenvalue weighted by molar-refractivity contribution is 1.56. The maximum absolute atomic E-state index is 5.85. The van der Waals surface area contributed by atoms with Crippen LogP contribution in [-0.4, -0.2) is 0 Å². The number of benzene rings is 1. The van der Waals surface area contributed by atoms with Crippen LogP contribution in [-0.2, 0) is 0 Å². The molecule has 0 amide bonds. The fourth-order valence-corrected chi connectivity index (χ4v) is 1.30. The molecule has 0 fully saturated rings. The second-order valence-corrected chi connectivity index (χ2v) is 3.38. The van der Waals surface area contributed by atoms with E-state index in [-0.39, 0.29) is 0 Å². The molecule has 0 aliphatic carbocycles. The van der Waals surface area contributed by atoms with Crippen LogP contribution in [0.25, 0.3) is 0 Å². The molecule has 0 aliphatic rings. The third-order valence-corrected chi connectivity index (χ3v) is 2.89. The minimum absolute atomic E-state index is 0.738. The van der Waals surface area contributed by atoms with E-state index in [0.717, 1.165) is 14.2 Å². The Labute approximate surface area is 85.1 Å². The fourth-order valence-electron chi connectivity index (χ4n) is 0.670. The van der Waals surface area contributed by atoms with Gasteiger partial charge in [0.2, 0.25) is 0 Å². The van der Waals surface area contributed by atoms with Gasteiger partial charge in [-0.1, -0.05) is 23.6 Å². The Morgan fingerprint density at radius 2 is 2.36 bits per heavy atom. The highest BCUT2D eigenvalue weighted by molar-refractivity contribution is 14.1. The van der Waals surface area contributed by atoms with Gasteiger partial charge in [0.15, 0.2) is 0 Å². The van der Waals surface area contributed by atoms with Crippen molar-refractivity contribution >= 4 is 34.2 Å². The summed E-state index contributed by atoms with van der Waals surface area (Å²) in [6.07, 6.45) is 0. The zero-order valence-corrected chi connectivity index (χ0v) is 8.82. The summed E-state index contributed by atoms with van der Waals surface area (Å²) in [4.78, 5) is 0. The normalized spacial score (nSPS) is 8.64. The molecule has 0 unspecified atom stereocenters. The predicted molar refractivity (Wildman–Crippen MR) is 55.6 cm³/mol. The van der Waals surface area contributed by atoms with Gasteiger partial charge in [-0.15, -0.1) is 5.92 Å². The fraction of sp³-hybridized carbons (Fsp3) is 0.111. The molecule has 1 rings (SSSR count). The molecule has 55 valence electrons. The second kappa shape index (κ2) is 3.99. The van der Waals surface area contributed by atoms with Crippen LogP contribution in [0.2, 0.25) is 5.02 Å². The van der Waals surface area contributed by atoms with E-state index < -0.39 is 0 Å². The van der Waals surface area contributed by atoms with E-state index in [1.165, 1.54) is 0 Å². The van der Waals surface area contributed by atoms with Gasteiger partial charge in [-0.2, -0.15) is 0 Å². The summed E-state index contributed by atoms with van der Waals surface area (Å²) in [5.41, 5.74) is 0.876. The molecule has 0 nitrogen and oxygen atoms in total. The Bertz CT molecular complexity index is 320. The first-order valence-corrected chi connectivity index (χ1v) is 4.50. The molecule has 0 N–H and O–H groups in total. The number of hydrogen-bond acceptors (Lipinski definition) is 0. The molecular formula is C9H5ClI. The van der Waals surface area contributed by atoms with Crippen molar-refractivity contribution in [3.63, 3.8) is 0 Å². The Kier molecular flexibility index (Phi) is 3.22. The van der Waals surface area contributed by atoms with Gasteiger partial charge in [-0.05, 0) is 41.6 Å². The van der Waals surface area contributed by atoms with Crippen molar-refractivity contribution in [2.45, 2.75) is 6.92 Å². The zero-order chi connectivity index (χ0) is 8.27. The summed E-state index contributed by atoms with van der Waals surface area (Å²) in [5, 5.41) is 0.738. The van der Waals surface area contributed by atoms with Gasteiger partial charge in [0.25, 0.3) is 0 Å². The molecule has 11 heavy (non-hydrogen) atoms. The van der Waals surface area contributed by atoms with E-state index >= 15 is 0 Å². The summed E-state index contributed by atoms with van der Waals surface area (Å²) in [5.74, 6) is 5.73. The lowest BCUT2D eigenvalue weighted by atomic mass is 10.2. The molecule has 0 aliphatic heterocycles. The van der Waals surface area contributed by atoms with Crippen molar-refractivity contribution in [2.24, 2.45) is 0 Å². The second-order valence-electron chi connectivity index (χ2n) is 1.89. The largest absolute Gasteiger partial charge is 0.101 e. The Balaban J connectivity index is 3.23. The summed E-state index contributed by atoms with van der Waals surface area (Å²) in [6.45, 7) is 1.80. The van der Waals surface area contributed by atoms with Crippen molar-refractivity contribution in [2.75, 3.05) is 0 Å². The molecule has 0 heterocycles. The Morgan fingerprint density at radius 1 is 1.64 bits per heavy atom. The number of halogens is 2. The third kappa shape index (κ3) is 2.11. The first kappa shape index (κ1) is 8.89. The molecule has 0 atom stereocenters. The maximum Gasteiger partial charge on any atom is 0.0552 e. The molecule has 1 radical (unpaired) electrons. The average Bonchev–Trinajstić information content (AvgIpc) is 1.99. The number of rotatable bonds is 0. The summed E-state index contributed by atoms with van der Waals surface area (Å²) in [6, 6.07) is 6.60. The van der Waals surface area contributed by atoms with E-state index in [9.17, 15) is 0 Å².